The first-order chi connectivity index (χ1) is 10.2. The Kier molecular flexibility index (Phi) is 3.27. The van der Waals surface area contributed by atoms with Crippen molar-refractivity contribution in [2.75, 3.05) is 18.2 Å². The Morgan fingerprint density at radius 2 is 2.14 bits per heavy atom. The second-order valence-electron chi connectivity index (χ2n) is 4.62. The van der Waals surface area contributed by atoms with Crippen LogP contribution >= 0.6 is 0 Å². The van der Waals surface area contributed by atoms with Gasteiger partial charge in [-0.2, -0.15) is 0 Å². The Hall–Kier alpha value is -2.89. The number of hydrogen-bond donors (Lipinski definition) is 3. The predicted molar refractivity (Wildman–Crippen MR) is 81.6 cm³/mol. The van der Waals surface area contributed by atoms with E-state index in [0.29, 0.717) is 23.3 Å². The zero-order valence-electron chi connectivity index (χ0n) is 11.5. The fraction of sp³-hybridized carbons (Fsp3) is 0.133. The van der Waals surface area contributed by atoms with E-state index < -0.39 is 5.76 Å². The number of anilines is 2. The van der Waals surface area contributed by atoms with Gasteiger partial charge in [-0.1, -0.05) is 18.2 Å². The molecule has 0 saturated carbocycles. The van der Waals surface area contributed by atoms with Gasteiger partial charge in [0.25, 0.3) is 0 Å². The van der Waals surface area contributed by atoms with Gasteiger partial charge in [0.2, 0.25) is 0 Å². The maximum Gasteiger partial charge on any atom is 0.417 e. The monoisotopic (exact) mass is 285 g/mol. The largest absolute Gasteiger partial charge is 0.496 e. The number of ether oxygens (including phenoxy) is 1. The van der Waals surface area contributed by atoms with Crippen molar-refractivity contribution in [3.8, 4) is 5.75 Å². The van der Waals surface area contributed by atoms with Gasteiger partial charge in [-0.15, -0.1) is 0 Å². The SMILES string of the molecule is COc1ccccc1CNc1cc2[nH]c(=O)oc2cc1N. The van der Waals surface area contributed by atoms with Gasteiger partial charge in [-0.05, 0) is 12.1 Å². The molecule has 0 unspecified atom stereocenters. The maximum atomic E-state index is 11.2. The molecule has 0 aliphatic rings. The number of fused-ring (bicyclic) bond motifs is 1. The van der Waals surface area contributed by atoms with Gasteiger partial charge in [0.05, 0.1) is 24.0 Å². The number of nitrogens with two attached hydrogens (primary N) is 1. The molecule has 4 N–H and O–H groups in total. The number of nitrogen functional groups attached to an aromatic ring is 1. The van der Waals surface area contributed by atoms with Crippen LogP contribution in [0.3, 0.4) is 0 Å². The first kappa shape index (κ1) is 13.1. The van der Waals surface area contributed by atoms with E-state index in [9.17, 15) is 4.79 Å². The first-order valence-electron chi connectivity index (χ1n) is 6.45. The molecule has 1 aromatic heterocycles. The van der Waals surface area contributed by atoms with Gasteiger partial charge < -0.3 is 20.2 Å². The average Bonchev–Trinajstić information content (AvgIpc) is 2.84. The summed E-state index contributed by atoms with van der Waals surface area (Å²) in [7, 11) is 1.63. The van der Waals surface area contributed by atoms with Gasteiger partial charge in [-0.3, -0.25) is 4.98 Å². The predicted octanol–water partition coefficient (Wildman–Crippen LogP) is 2.32. The molecule has 1 heterocycles. The third-order valence-corrected chi connectivity index (χ3v) is 3.25. The summed E-state index contributed by atoms with van der Waals surface area (Å²) < 4.78 is 10.3. The van der Waals surface area contributed by atoms with Crippen molar-refractivity contribution in [1.82, 2.24) is 4.98 Å². The fourth-order valence-corrected chi connectivity index (χ4v) is 2.21. The quantitative estimate of drug-likeness (QED) is 0.640. The summed E-state index contributed by atoms with van der Waals surface area (Å²) in [5, 5.41) is 3.24. The minimum absolute atomic E-state index is 0.445. The molecule has 0 radical (unpaired) electrons. The molecule has 108 valence electrons. The summed E-state index contributed by atoms with van der Waals surface area (Å²) in [6.45, 7) is 0.557. The van der Waals surface area contributed by atoms with Crippen LogP contribution in [0.5, 0.6) is 5.75 Å². The third kappa shape index (κ3) is 2.55. The van der Waals surface area contributed by atoms with Gasteiger partial charge in [0.1, 0.15) is 5.75 Å². The minimum atomic E-state index is -0.494. The van der Waals surface area contributed by atoms with Gasteiger partial charge >= 0.3 is 5.76 Å². The van der Waals surface area contributed by atoms with E-state index in [1.54, 1.807) is 19.2 Å². The molecule has 0 amide bonds. The highest BCUT2D eigenvalue weighted by molar-refractivity contribution is 5.85. The lowest BCUT2D eigenvalue weighted by atomic mass is 10.2. The molecule has 0 atom stereocenters. The second-order valence-corrected chi connectivity index (χ2v) is 4.62. The van der Waals surface area contributed by atoms with Crippen LogP contribution in [-0.4, -0.2) is 12.1 Å². The number of rotatable bonds is 4. The van der Waals surface area contributed by atoms with E-state index in [4.69, 9.17) is 14.9 Å². The summed E-state index contributed by atoms with van der Waals surface area (Å²) in [5.41, 5.74) is 9.27. The van der Waals surface area contributed by atoms with E-state index in [2.05, 4.69) is 10.3 Å². The van der Waals surface area contributed by atoms with Crippen molar-refractivity contribution in [1.29, 1.82) is 0 Å². The lowest BCUT2D eigenvalue weighted by Crippen LogP contribution is -2.04. The van der Waals surface area contributed by atoms with Crippen LogP contribution in [0.15, 0.2) is 45.6 Å². The molecule has 0 aliphatic carbocycles. The van der Waals surface area contributed by atoms with Crippen molar-refractivity contribution in [2.45, 2.75) is 6.54 Å². The number of benzene rings is 2. The molecule has 3 rings (SSSR count). The van der Waals surface area contributed by atoms with Crippen LogP contribution in [0.2, 0.25) is 0 Å². The number of aromatic nitrogens is 1. The minimum Gasteiger partial charge on any atom is -0.496 e. The molecule has 21 heavy (non-hydrogen) atoms. The number of H-pyrrole nitrogens is 1. The summed E-state index contributed by atoms with van der Waals surface area (Å²) in [6.07, 6.45) is 0. The Balaban J connectivity index is 1.87. The first-order valence-corrected chi connectivity index (χ1v) is 6.45. The van der Waals surface area contributed by atoms with Crippen LogP contribution in [0.4, 0.5) is 11.4 Å². The molecule has 0 bridgehead atoms. The number of oxazole rings is 1. The standard InChI is InChI=1S/C15H15N3O3/c1-20-13-5-3-2-4-9(13)8-17-11-7-12-14(6-10(11)16)21-15(19)18-12/h2-7,17H,8,16H2,1H3,(H,18,19). The zero-order valence-corrected chi connectivity index (χ0v) is 11.5. The van der Waals surface area contributed by atoms with Crippen LogP contribution in [-0.2, 0) is 6.54 Å². The number of methoxy groups -OCH3 is 1. The van der Waals surface area contributed by atoms with Crippen molar-refractivity contribution in [2.24, 2.45) is 0 Å². The van der Waals surface area contributed by atoms with E-state index in [1.165, 1.54) is 0 Å². The number of nitrogens with one attached hydrogen (secondary N) is 2. The average molecular weight is 285 g/mol. The lowest BCUT2D eigenvalue weighted by Gasteiger charge is -2.12. The topological polar surface area (TPSA) is 93.3 Å². The van der Waals surface area contributed by atoms with Crippen LogP contribution in [0.25, 0.3) is 11.1 Å². The number of aromatic amines is 1. The Morgan fingerprint density at radius 1 is 1.33 bits per heavy atom. The van der Waals surface area contributed by atoms with Gasteiger partial charge in [0.15, 0.2) is 5.58 Å². The molecule has 0 saturated heterocycles. The molecule has 2 aromatic carbocycles. The Morgan fingerprint density at radius 3 is 2.95 bits per heavy atom. The third-order valence-electron chi connectivity index (χ3n) is 3.25. The summed E-state index contributed by atoms with van der Waals surface area (Å²) >= 11 is 0. The highest BCUT2D eigenvalue weighted by atomic mass is 16.5. The normalized spacial score (nSPS) is 10.7. The molecule has 0 fully saturated rings. The molecular formula is C15H15N3O3. The van der Waals surface area contributed by atoms with E-state index in [0.717, 1.165) is 17.0 Å². The van der Waals surface area contributed by atoms with Gasteiger partial charge in [-0.25, -0.2) is 4.79 Å². The summed E-state index contributed by atoms with van der Waals surface area (Å²) in [5.74, 6) is 0.313. The number of hydrogen-bond acceptors (Lipinski definition) is 5. The van der Waals surface area contributed by atoms with Crippen LogP contribution < -0.4 is 21.5 Å². The van der Waals surface area contributed by atoms with Crippen molar-refractivity contribution in [3.05, 3.63) is 52.5 Å². The van der Waals surface area contributed by atoms with Crippen LogP contribution in [0, 0.1) is 0 Å². The fourth-order valence-electron chi connectivity index (χ4n) is 2.21. The van der Waals surface area contributed by atoms with Crippen molar-refractivity contribution < 1.29 is 9.15 Å². The van der Waals surface area contributed by atoms with Crippen molar-refractivity contribution >= 4 is 22.5 Å². The number of para-hydroxylation sites is 1. The second kappa shape index (κ2) is 5.24. The Labute approximate surface area is 120 Å². The summed E-state index contributed by atoms with van der Waals surface area (Å²) in [6, 6.07) is 11.1. The zero-order chi connectivity index (χ0) is 14.8. The molecule has 0 spiro atoms. The molecule has 0 aliphatic heterocycles. The highest BCUT2D eigenvalue weighted by Crippen LogP contribution is 2.26. The van der Waals surface area contributed by atoms with E-state index in [1.807, 2.05) is 24.3 Å². The smallest absolute Gasteiger partial charge is 0.417 e. The lowest BCUT2D eigenvalue weighted by molar-refractivity contribution is 0.410. The summed E-state index contributed by atoms with van der Waals surface area (Å²) in [4.78, 5) is 13.8. The maximum absolute atomic E-state index is 11.2. The highest BCUT2D eigenvalue weighted by Gasteiger charge is 2.08. The van der Waals surface area contributed by atoms with Crippen molar-refractivity contribution in [3.63, 3.8) is 0 Å². The Bertz CT molecular complexity index is 836. The van der Waals surface area contributed by atoms with Crippen LogP contribution in [0.1, 0.15) is 5.56 Å². The molecular weight excluding hydrogens is 270 g/mol. The van der Waals surface area contributed by atoms with Gasteiger partial charge in [0, 0.05) is 18.2 Å². The molecule has 6 heteroatoms. The molecule has 6 nitrogen and oxygen atoms in total. The van der Waals surface area contributed by atoms with E-state index >= 15 is 0 Å². The molecule has 3 aromatic rings. The van der Waals surface area contributed by atoms with E-state index in [-0.39, 0.29) is 0 Å².